The Bertz CT molecular complexity index is 935. The normalized spacial score (nSPS) is 10.5. The Labute approximate surface area is 150 Å². The van der Waals surface area contributed by atoms with Crippen LogP contribution in [-0.2, 0) is 17.8 Å². The molecule has 2 aromatic carbocycles. The summed E-state index contributed by atoms with van der Waals surface area (Å²) in [4.78, 5) is 28.2. The second-order valence-electron chi connectivity index (χ2n) is 5.87. The number of rotatable bonds is 6. The van der Waals surface area contributed by atoms with Gasteiger partial charge in [0.1, 0.15) is 12.3 Å². The smallest absolute Gasteiger partial charge is 0.269 e. The number of nitrogens with one attached hydrogen (secondary N) is 1. The van der Waals surface area contributed by atoms with E-state index in [1.54, 1.807) is 30.5 Å². The monoisotopic (exact) mass is 349 g/mol. The van der Waals surface area contributed by atoms with Crippen molar-refractivity contribution in [3.8, 4) is 17.0 Å². The first-order valence-electron chi connectivity index (χ1n) is 8.28. The average Bonchev–Trinajstić information content (AvgIpc) is 2.66. The topological polar surface area (TPSA) is 84.2 Å². The molecule has 26 heavy (non-hydrogen) atoms. The average molecular weight is 349 g/mol. The summed E-state index contributed by atoms with van der Waals surface area (Å²) in [5, 5.41) is 12.1. The Balaban J connectivity index is 1.60. The van der Waals surface area contributed by atoms with Crippen molar-refractivity contribution in [1.29, 1.82) is 0 Å². The van der Waals surface area contributed by atoms with E-state index in [0.29, 0.717) is 18.7 Å². The van der Waals surface area contributed by atoms with Gasteiger partial charge in [0.2, 0.25) is 5.91 Å². The molecule has 132 valence electrons. The zero-order valence-corrected chi connectivity index (χ0v) is 14.1. The molecular weight excluding hydrogens is 330 g/mol. The summed E-state index contributed by atoms with van der Waals surface area (Å²) < 4.78 is 1.35. The van der Waals surface area contributed by atoms with Gasteiger partial charge in [-0.05, 0) is 24.1 Å². The maximum atomic E-state index is 12.1. The third-order valence-corrected chi connectivity index (χ3v) is 3.93. The van der Waals surface area contributed by atoms with Gasteiger partial charge in [-0.25, -0.2) is 4.98 Å². The van der Waals surface area contributed by atoms with Gasteiger partial charge in [-0.2, -0.15) is 0 Å². The number of carbonyl (C=O) groups excluding carboxylic acids is 1. The van der Waals surface area contributed by atoms with E-state index in [4.69, 9.17) is 0 Å². The minimum Gasteiger partial charge on any atom is -0.508 e. The largest absolute Gasteiger partial charge is 0.508 e. The van der Waals surface area contributed by atoms with E-state index in [-0.39, 0.29) is 23.8 Å². The molecule has 6 heteroatoms. The van der Waals surface area contributed by atoms with Gasteiger partial charge in [0, 0.05) is 18.3 Å². The van der Waals surface area contributed by atoms with Gasteiger partial charge in [0.25, 0.3) is 5.56 Å². The Morgan fingerprint density at radius 2 is 1.81 bits per heavy atom. The predicted molar refractivity (Wildman–Crippen MR) is 98.8 cm³/mol. The summed E-state index contributed by atoms with van der Waals surface area (Å²) in [5.74, 6) is -0.0276. The van der Waals surface area contributed by atoms with E-state index in [0.717, 1.165) is 11.1 Å². The van der Waals surface area contributed by atoms with Gasteiger partial charge in [0.15, 0.2) is 0 Å². The van der Waals surface area contributed by atoms with Crippen molar-refractivity contribution in [2.24, 2.45) is 0 Å². The third kappa shape index (κ3) is 4.57. The Morgan fingerprint density at radius 1 is 1.08 bits per heavy atom. The van der Waals surface area contributed by atoms with Crippen molar-refractivity contribution in [2.75, 3.05) is 6.54 Å². The van der Waals surface area contributed by atoms with Crippen molar-refractivity contribution in [2.45, 2.75) is 13.0 Å². The number of benzene rings is 2. The second kappa shape index (κ2) is 8.11. The highest BCUT2D eigenvalue weighted by Gasteiger charge is 2.07. The number of aromatic hydroxyl groups is 1. The molecule has 0 saturated heterocycles. The molecule has 3 aromatic rings. The first-order valence-corrected chi connectivity index (χ1v) is 8.28. The lowest BCUT2D eigenvalue weighted by molar-refractivity contribution is -0.121. The van der Waals surface area contributed by atoms with E-state index < -0.39 is 0 Å². The number of aromatic nitrogens is 2. The highest BCUT2D eigenvalue weighted by molar-refractivity contribution is 5.75. The molecule has 0 radical (unpaired) electrons. The molecule has 0 fully saturated rings. The van der Waals surface area contributed by atoms with Crippen LogP contribution >= 0.6 is 0 Å². The molecule has 0 aliphatic rings. The molecule has 3 rings (SSSR count). The van der Waals surface area contributed by atoms with Crippen LogP contribution in [0.5, 0.6) is 5.75 Å². The van der Waals surface area contributed by atoms with Crippen molar-refractivity contribution >= 4 is 5.91 Å². The van der Waals surface area contributed by atoms with Crippen LogP contribution < -0.4 is 10.9 Å². The summed E-state index contributed by atoms with van der Waals surface area (Å²) in [7, 11) is 0. The van der Waals surface area contributed by atoms with Crippen LogP contribution in [0.3, 0.4) is 0 Å². The van der Waals surface area contributed by atoms with E-state index in [9.17, 15) is 14.7 Å². The number of phenolic OH excluding ortho intramolecular Hbond substituents is 1. The molecular formula is C20H19N3O3. The fourth-order valence-electron chi connectivity index (χ4n) is 2.54. The van der Waals surface area contributed by atoms with Crippen molar-refractivity contribution in [3.63, 3.8) is 0 Å². The lowest BCUT2D eigenvalue weighted by Crippen LogP contribution is -2.33. The zero-order chi connectivity index (χ0) is 18.4. The van der Waals surface area contributed by atoms with Gasteiger partial charge in [0.05, 0.1) is 11.9 Å². The Hall–Kier alpha value is -3.41. The van der Waals surface area contributed by atoms with Crippen LogP contribution in [0, 0.1) is 0 Å². The molecule has 0 atom stereocenters. The fourth-order valence-corrected chi connectivity index (χ4v) is 2.54. The summed E-state index contributed by atoms with van der Waals surface area (Å²) >= 11 is 0. The summed E-state index contributed by atoms with van der Waals surface area (Å²) in [6, 6.07) is 16.3. The van der Waals surface area contributed by atoms with E-state index in [1.165, 1.54) is 10.8 Å². The van der Waals surface area contributed by atoms with Gasteiger partial charge in [-0.3, -0.25) is 9.59 Å². The van der Waals surface area contributed by atoms with Crippen LogP contribution in [0.4, 0.5) is 0 Å². The summed E-state index contributed by atoms with van der Waals surface area (Å²) in [6.07, 6.45) is 3.47. The molecule has 2 N–H and O–H groups in total. The van der Waals surface area contributed by atoms with Gasteiger partial charge in [-0.15, -0.1) is 0 Å². The van der Waals surface area contributed by atoms with Crippen molar-refractivity contribution < 1.29 is 9.90 Å². The molecule has 0 bridgehead atoms. The molecule has 1 heterocycles. The molecule has 6 nitrogen and oxygen atoms in total. The maximum absolute atomic E-state index is 12.1. The highest BCUT2D eigenvalue weighted by Crippen LogP contribution is 2.14. The fraction of sp³-hybridized carbons (Fsp3) is 0.150. The predicted octanol–water partition coefficient (Wildman–Crippen LogP) is 1.97. The third-order valence-electron chi connectivity index (χ3n) is 3.93. The number of amides is 1. The molecule has 1 amide bonds. The van der Waals surface area contributed by atoms with Crippen LogP contribution in [0.15, 0.2) is 71.8 Å². The summed E-state index contributed by atoms with van der Waals surface area (Å²) in [5.41, 5.74) is 2.21. The van der Waals surface area contributed by atoms with E-state index in [1.807, 2.05) is 30.3 Å². The van der Waals surface area contributed by atoms with Crippen LogP contribution in [0.2, 0.25) is 0 Å². The number of hydrogen-bond acceptors (Lipinski definition) is 4. The number of hydrogen-bond donors (Lipinski definition) is 2. The zero-order valence-electron chi connectivity index (χ0n) is 14.1. The SMILES string of the molecule is O=C(Cn1cc(-c2ccccc2)ncc1=O)NCCc1ccc(O)cc1. The molecule has 0 unspecified atom stereocenters. The van der Waals surface area contributed by atoms with Gasteiger partial charge >= 0.3 is 0 Å². The minimum atomic E-state index is -0.321. The van der Waals surface area contributed by atoms with E-state index >= 15 is 0 Å². The standard InChI is InChI=1S/C20H19N3O3/c24-17-8-6-15(7-9-17)10-11-21-19(25)14-23-13-18(22-12-20(23)26)16-4-2-1-3-5-16/h1-9,12-13,24H,10-11,14H2,(H,21,25). The van der Waals surface area contributed by atoms with Gasteiger partial charge < -0.3 is 15.0 Å². The Morgan fingerprint density at radius 3 is 2.54 bits per heavy atom. The second-order valence-corrected chi connectivity index (χ2v) is 5.87. The molecule has 0 saturated carbocycles. The molecule has 0 aliphatic carbocycles. The van der Waals surface area contributed by atoms with Gasteiger partial charge in [-0.1, -0.05) is 42.5 Å². The number of nitrogens with zero attached hydrogens (tertiary/aromatic N) is 2. The molecule has 0 spiro atoms. The van der Waals surface area contributed by atoms with Crippen molar-refractivity contribution in [3.05, 3.63) is 82.9 Å². The molecule has 1 aromatic heterocycles. The highest BCUT2D eigenvalue weighted by atomic mass is 16.3. The Kier molecular flexibility index (Phi) is 5.43. The minimum absolute atomic E-state index is 0.0588. The number of carbonyl (C=O) groups is 1. The van der Waals surface area contributed by atoms with Crippen LogP contribution in [0.1, 0.15) is 5.56 Å². The van der Waals surface area contributed by atoms with Crippen molar-refractivity contribution in [1.82, 2.24) is 14.9 Å². The lowest BCUT2D eigenvalue weighted by atomic mass is 10.1. The van der Waals surface area contributed by atoms with E-state index in [2.05, 4.69) is 10.3 Å². The lowest BCUT2D eigenvalue weighted by Gasteiger charge is -2.09. The molecule has 0 aliphatic heterocycles. The first kappa shape index (κ1) is 17.4. The summed E-state index contributed by atoms with van der Waals surface area (Å²) in [6.45, 7) is 0.395. The maximum Gasteiger partial charge on any atom is 0.269 e. The first-order chi connectivity index (χ1) is 12.6. The quantitative estimate of drug-likeness (QED) is 0.713. The number of phenols is 1. The van der Waals surface area contributed by atoms with Crippen LogP contribution in [-0.4, -0.2) is 27.1 Å². The van der Waals surface area contributed by atoms with Crippen LogP contribution in [0.25, 0.3) is 11.3 Å².